The van der Waals surface area contributed by atoms with E-state index in [0.29, 0.717) is 5.95 Å². The summed E-state index contributed by atoms with van der Waals surface area (Å²) >= 11 is 0. The lowest BCUT2D eigenvalue weighted by atomic mass is 9.78. The number of aryl methyl sites for hydroxylation is 1. The highest BCUT2D eigenvalue weighted by molar-refractivity contribution is 5.69. The molecule has 1 saturated carbocycles. The van der Waals surface area contributed by atoms with Gasteiger partial charge < -0.3 is 10.0 Å². The van der Waals surface area contributed by atoms with Crippen LogP contribution in [-0.2, 0) is 11.8 Å². The second kappa shape index (κ2) is 4.91. The molecule has 0 aromatic carbocycles. The van der Waals surface area contributed by atoms with Crippen LogP contribution in [0.4, 0.5) is 5.95 Å². The highest BCUT2D eigenvalue weighted by Crippen LogP contribution is 2.37. The van der Waals surface area contributed by atoms with E-state index in [1.165, 1.54) is 6.42 Å². The van der Waals surface area contributed by atoms with Crippen LogP contribution in [0.2, 0.25) is 0 Å². The number of carboxylic acid groups (broad SMARTS) is 1. The third kappa shape index (κ3) is 2.30. The molecule has 100 valence electrons. The molecule has 1 heterocycles. The largest absolute Gasteiger partial charge is 0.481 e. The van der Waals surface area contributed by atoms with Crippen LogP contribution in [0.15, 0.2) is 0 Å². The smallest absolute Gasteiger partial charge is 0.305 e. The Morgan fingerprint density at radius 3 is 2.61 bits per heavy atom. The van der Waals surface area contributed by atoms with Gasteiger partial charge in [0.1, 0.15) is 0 Å². The number of nitrogens with zero attached hydrogens (tertiary/aromatic N) is 5. The van der Waals surface area contributed by atoms with Gasteiger partial charge in [-0.05, 0) is 23.3 Å². The van der Waals surface area contributed by atoms with E-state index >= 15 is 0 Å². The van der Waals surface area contributed by atoms with Crippen LogP contribution in [0, 0.1) is 0 Å². The lowest BCUT2D eigenvalue weighted by Gasteiger charge is -2.43. The predicted octanol–water partition coefficient (Wildman–Crippen LogP) is 0.824. The first-order valence-corrected chi connectivity index (χ1v) is 6.23. The van der Waals surface area contributed by atoms with Crippen LogP contribution in [0.5, 0.6) is 0 Å². The molecule has 7 nitrogen and oxygen atoms in total. The van der Waals surface area contributed by atoms with Gasteiger partial charge in [-0.15, -0.1) is 0 Å². The van der Waals surface area contributed by atoms with Gasteiger partial charge in [0.25, 0.3) is 0 Å². The Balaban J connectivity index is 2.28. The maximum Gasteiger partial charge on any atom is 0.305 e. The lowest BCUT2D eigenvalue weighted by Crippen LogP contribution is -2.50. The van der Waals surface area contributed by atoms with Crippen molar-refractivity contribution in [1.29, 1.82) is 0 Å². The Labute approximate surface area is 106 Å². The number of hydrogen-bond donors (Lipinski definition) is 1. The number of anilines is 1. The number of carboxylic acids is 1. The summed E-state index contributed by atoms with van der Waals surface area (Å²) in [6.07, 6.45) is 5.18. The molecule has 0 unspecified atom stereocenters. The molecule has 1 aliphatic carbocycles. The molecule has 18 heavy (non-hydrogen) atoms. The quantitative estimate of drug-likeness (QED) is 0.855. The summed E-state index contributed by atoms with van der Waals surface area (Å²) in [7, 11) is 3.66. The molecular weight excluding hydrogens is 234 g/mol. The zero-order chi connectivity index (χ0) is 13.2. The summed E-state index contributed by atoms with van der Waals surface area (Å²) in [4.78, 5) is 13.1. The molecular formula is C11H19N5O2. The second-order valence-corrected chi connectivity index (χ2v) is 5.02. The zero-order valence-electron chi connectivity index (χ0n) is 10.8. The van der Waals surface area contributed by atoms with Crippen molar-refractivity contribution in [2.24, 2.45) is 7.05 Å². The Hall–Kier alpha value is -1.66. The minimum absolute atomic E-state index is 0.135. The standard InChI is InChI=1S/C11H19N5O2/c1-15(10-12-13-14-16(10)2)11(8-9(17)18)6-4-3-5-7-11/h3-8H2,1-2H3,(H,17,18). The number of tetrazole rings is 1. The summed E-state index contributed by atoms with van der Waals surface area (Å²) in [6, 6.07) is 0. The number of aromatic nitrogens is 4. The fourth-order valence-corrected chi connectivity index (χ4v) is 2.84. The highest BCUT2D eigenvalue weighted by Gasteiger charge is 2.40. The second-order valence-electron chi connectivity index (χ2n) is 5.02. The summed E-state index contributed by atoms with van der Waals surface area (Å²) in [6.45, 7) is 0. The van der Waals surface area contributed by atoms with Crippen LogP contribution in [0.25, 0.3) is 0 Å². The van der Waals surface area contributed by atoms with Crippen molar-refractivity contribution in [3.63, 3.8) is 0 Å². The van der Waals surface area contributed by atoms with E-state index in [1.54, 1.807) is 11.7 Å². The SMILES string of the molecule is CN(c1nnnn1C)C1(CC(=O)O)CCCCC1. The van der Waals surface area contributed by atoms with Crippen LogP contribution < -0.4 is 4.90 Å². The van der Waals surface area contributed by atoms with Crippen molar-refractivity contribution in [3.05, 3.63) is 0 Å². The molecule has 7 heteroatoms. The fourth-order valence-electron chi connectivity index (χ4n) is 2.84. The van der Waals surface area contributed by atoms with Crippen molar-refractivity contribution in [2.45, 2.75) is 44.1 Å². The lowest BCUT2D eigenvalue weighted by molar-refractivity contribution is -0.138. The van der Waals surface area contributed by atoms with E-state index in [2.05, 4.69) is 15.5 Å². The minimum atomic E-state index is -0.765. The normalized spacial score (nSPS) is 18.6. The topological polar surface area (TPSA) is 84.1 Å². The van der Waals surface area contributed by atoms with Gasteiger partial charge in [-0.3, -0.25) is 4.79 Å². The maximum atomic E-state index is 11.1. The average molecular weight is 253 g/mol. The van der Waals surface area contributed by atoms with Crippen molar-refractivity contribution >= 4 is 11.9 Å². The van der Waals surface area contributed by atoms with Gasteiger partial charge >= 0.3 is 5.97 Å². The number of rotatable bonds is 4. The van der Waals surface area contributed by atoms with Gasteiger partial charge in [0.05, 0.1) is 12.0 Å². The summed E-state index contributed by atoms with van der Waals surface area (Å²) in [5, 5.41) is 20.6. The molecule has 1 aromatic heterocycles. The van der Waals surface area contributed by atoms with Crippen molar-refractivity contribution < 1.29 is 9.90 Å². The minimum Gasteiger partial charge on any atom is -0.481 e. The third-order valence-electron chi connectivity index (χ3n) is 3.87. The molecule has 0 amide bonds. The van der Waals surface area contributed by atoms with Gasteiger partial charge in [-0.2, -0.15) is 0 Å². The molecule has 1 fully saturated rings. The predicted molar refractivity (Wildman–Crippen MR) is 65.3 cm³/mol. The van der Waals surface area contributed by atoms with E-state index in [1.807, 2.05) is 11.9 Å². The zero-order valence-corrected chi connectivity index (χ0v) is 10.8. The molecule has 0 bridgehead atoms. The monoisotopic (exact) mass is 253 g/mol. The molecule has 0 spiro atoms. The van der Waals surface area contributed by atoms with Gasteiger partial charge in [0.15, 0.2) is 0 Å². The van der Waals surface area contributed by atoms with Crippen LogP contribution >= 0.6 is 0 Å². The van der Waals surface area contributed by atoms with Crippen LogP contribution in [-0.4, -0.2) is 43.9 Å². The first kappa shape index (κ1) is 12.8. The van der Waals surface area contributed by atoms with E-state index in [0.717, 1.165) is 25.7 Å². The Morgan fingerprint density at radius 1 is 1.44 bits per heavy atom. The summed E-state index contributed by atoms with van der Waals surface area (Å²) < 4.78 is 1.58. The molecule has 1 aliphatic rings. The molecule has 1 aromatic rings. The highest BCUT2D eigenvalue weighted by atomic mass is 16.4. The average Bonchev–Trinajstić information content (AvgIpc) is 2.74. The van der Waals surface area contributed by atoms with E-state index in [9.17, 15) is 4.79 Å². The first-order valence-electron chi connectivity index (χ1n) is 6.23. The Morgan fingerprint density at radius 2 is 2.11 bits per heavy atom. The third-order valence-corrected chi connectivity index (χ3v) is 3.87. The fraction of sp³-hybridized carbons (Fsp3) is 0.818. The molecule has 0 radical (unpaired) electrons. The van der Waals surface area contributed by atoms with E-state index in [4.69, 9.17) is 5.11 Å². The van der Waals surface area contributed by atoms with Crippen molar-refractivity contribution in [2.75, 3.05) is 11.9 Å². The van der Waals surface area contributed by atoms with Crippen LogP contribution in [0.1, 0.15) is 38.5 Å². The molecule has 0 aliphatic heterocycles. The number of carbonyl (C=O) groups is 1. The molecule has 2 rings (SSSR count). The molecule has 0 saturated heterocycles. The molecule has 1 N–H and O–H groups in total. The van der Waals surface area contributed by atoms with Crippen LogP contribution in [0.3, 0.4) is 0 Å². The summed E-state index contributed by atoms with van der Waals surface area (Å²) in [5.74, 6) is -0.142. The van der Waals surface area contributed by atoms with Crippen molar-refractivity contribution in [1.82, 2.24) is 20.2 Å². The Bertz CT molecular complexity index is 425. The van der Waals surface area contributed by atoms with Gasteiger partial charge in [0.2, 0.25) is 5.95 Å². The number of hydrogen-bond acceptors (Lipinski definition) is 5. The number of aliphatic carboxylic acids is 1. The Kier molecular flexibility index (Phi) is 3.49. The van der Waals surface area contributed by atoms with Gasteiger partial charge in [-0.1, -0.05) is 24.4 Å². The first-order chi connectivity index (χ1) is 8.55. The van der Waals surface area contributed by atoms with Crippen molar-refractivity contribution in [3.8, 4) is 0 Å². The maximum absolute atomic E-state index is 11.1. The van der Waals surface area contributed by atoms with Gasteiger partial charge in [-0.25, -0.2) is 4.68 Å². The van der Waals surface area contributed by atoms with E-state index in [-0.39, 0.29) is 12.0 Å². The van der Waals surface area contributed by atoms with E-state index < -0.39 is 5.97 Å². The molecule has 0 atom stereocenters. The van der Waals surface area contributed by atoms with Gasteiger partial charge in [0, 0.05) is 14.1 Å². The summed E-state index contributed by atoms with van der Waals surface area (Å²) in [5.41, 5.74) is -0.355.